The summed E-state index contributed by atoms with van der Waals surface area (Å²) in [5, 5.41) is 0.803. The van der Waals surface area contributed by atoms with Crippen molar-refractivity contribution in [3.63, 3.8) is 0 Å². The molecule has 24 heavy (non-hydrogen) atoms. The molecule has 0 saturated heterocycles. The third kappa shape index (κ3) is 11.6. The summed E-state index contributed by atoms with van der Waals surface area (Å²) in [5.74, 6) is 0.870. The van der Waals surface area contributed by atoms with Gasteiger partial charge in [0.1, 0.15) is 0 Å². The van der Waals surface area contributed by atoms with E-state index in [9.17, 15) is 4.79 Å². The molecule has 4 heteroatoms. The fraction of sp³-hybridized carbons (Fsp3) is 0.550. The predicted octanol–water partition coefficient (Wildman–Crippen LogP) is 6.67. The second kappa shape index (κ2) is 14.4. The Kier molecular flexibility index (Phi) is 12.7. The molecule has 0 heterocycles. The number of hydrogen-bond acceptors (Lipinski definition) is 3. The third-order valence-electron chi connectivity index (χ3n) is 3.78. The standard InChI is InChI=1S/C20H29ClO2S/c1-2-20(22)23-16-10-8-6-4-3-5-7-9-11-17-24-19-14-12-18(21)13-15-19/h2,12-15H,1,3-11,16-17H2. The van der Waals surface area contributed by atoms with E-state index in [2.05, 4.69) is 18.7 Å². The van der Waals surface area contributed by atoms with Crippen LogP contribution in [0.5, 0.6) is 0 Å². The lowest BCUT2D eigenvalue weighted by Gasteiger charge is -2.04. The minimum absolute atomic E-state index is 0.316. The summed E-state index contributed by atoms with van der Waals surface area (Å²) in [6, 6.07) is 8.08. The minimum Gasteiger partial charge on any atom is -0.463 e. The highest BCUT2D eigenvalue weighted by Gasteiger charge is 1.97. The number of unbranched alkanes of at least 4 members (excludes halogenated alkanes) is 8. The van der Waals surface area contributed by atoms with Gasteiger partial charge in [-0.25, -0.2) is 4.79 Å². The minimum atomic E-state index is -0.316. The number of rotatable bonds is 14. The zero-order chi connectivity index (χ0) is 17.5. The summed E-state index contributed by atoms with van der Waals surface area (Å²) in [6.07, 6.45) is 12.4. The van der Waals surface area contributed by atoms with E-state index in [0.717, 1.165) is 17.9 Å². The van der Waals surface area contributed by atoms with Crippen LogP contribution in [-0.2, 0) is 9.53 Å². The first-order valence-corrected chi connectivity index (χ1v) is 10.3. The Morgan fingerprint density at radius 1 is 0.958 bits per heavy atom. The number of carbonyl (C=O) groups is 1. The SMILES string of the molecule is C=CC(=O)OCCCCCCCCCCCSc1ccc(Cl)cc1. The van der Waals surface area contributed by atoms with E-state index < -0.39 is 0 Å². The average molecular weight is 369 g/mol. The molecule has 1 aromatic carbocycles. The third-order valence-corrected chi connectivity index (χ3v) is 5.13. The lowest BCUT2D eigenvalue weighted by atomic mass is 10.1. The number of benzene rings is 1. The summed E-state index contributed by atoms with van der Waals surface area (Å²) < 4.78 is 4.95. The molecule has 0 amide bonds. The Balaban J connectivity index is 1.80. The van der Waals surface area contributed by atoms with Crippen LogP contribution < -0.4 is 0 Å². The van der Waals surface area contributed by atoms with Gasteiger partial charge in [0, 0.05) is 16.0 Å². The maximum atomic E-state index is 10.8. The van der Waals surface area contributed by atoms with Gasteiger partial charge in [-0.15, -0.1) is 11.8 Å². The van der Waals surface area contributed by atoms with Crippen LogP contribution in [0.4, 0.5) is 0 Å². The smallest absolute Gasteiger partial charge is 0.330 e. The highest BCUT2D eigenvalue weighted by molar-refractivity contribution is 7.99. The highest BCUT2D eigenvalue weighted by atomic mass is 35.5. The summed E-state index contributed by atoms with van der Waals surface area (Å²) in [5.41, 5.74) is 0. The van der Waals surface area contributed by atoms with Gasteiger partial charge in [0.05, 0.1) is 6.61 Å². The quantitative estimate of drug-likeness (QED) is 0.159. The van der Waals surface area contributed by atoms with Crippen molar-refractivity contribution in [1.82, 2.24) is 0 Å². The van der Waals surface area contributed by atoms with Crippen LogP contribution in [0.15, 0.2) is 41.8 Å². The Bertz CT molecular complexity index is 459. The number of hydrogen-bond donors (Lipinski definition) is 0. The molecule has 0 fully saturated rings. The molecule has 0 spiro atoms. The maximum Gasteiger partial charge on any atom is 0.330 e. The van der Waals surface area contributed by atoms with E-state index in [4.69, 9.17) is 16.3 Å². The molecular formula is C20H29ClO2S. The number of carbonyl (C=O) groups excluding carboxylic acids is 1. The van der Waals surface area contributed by atoms with Crippen molar-refractivity contribution in [2.45, 2.75) is 62.7 Å². The normalized spacial score (nSPS) is 10.5. The van der Waals surface area contributed by atoms with E-state index >= 15 is 0 Å². The summed E-state index contributed by atoms with van der Waals surface area (Å²) in [7, 11) is 0. The van der Waals surface area contributed by atoms with Crippen LogP contribution in [-0.4, -0.2) is 18.3 Å². The van der Waals surface area contributed by atoms with Gasteiger partial charge in [-0.05, 0) is 42.9 Å². The Hall–Kier alpha value is -0.930. The Morgan fingerprint density at radius 2 is 1.50 bits per heavy atom. The molecule has 0 aliphatic rings. The molecule has 0 aromatic heterocycles. The first kappa shape index (κ1) is 21.1. The van der Waals surface area contributed by atoms with Gasteiger partial charge in [0.2, 0.25) is 0 Å². The van der Waals surface area contributed by atoms with Crippen molar-refractivity contribution < 1.29 is 9.53 Å². The van der Waals surface area contributed by atoms with Crippen LogP contribution in [0.1, 0.15) is 57.8 Å². The predicted molar refractivity (Wildman–Crippen MR) is 105 cm³/mol. The molecule has 0 N–H and O–H groups in total. The molecule has 0 atom stereocenters. The molecule has 1 rings (SSSR count). The van der Waals surface area contributed by atoms with Gasteiger partial charge < -0.3 is 4.74 Å². The van der Waals surface area contributed by atoms with Gasteiger partial charge in [-0.1, -0.05) is 63.1 Å². The molecule has 0 unspecified atom stereocenters. The van der Waals surface area contributed by atoms with Crippen molar-refractivity contribution in [3.05, 3.63) is 41.9 Å². The zero-order valence-corrected chi connectivity index (χ0v) is 16.0. The van der Waals surface area contributed by atoms with Crippen LogP contribution in [0.3, 0.4) is 0 Å². The number of esters is 1. The van der Waals surface area contributed by atoms with Gasteiger partial charge in [0.25, 0.3) is 0 Å². The van der Waals surface area contributed by atoms with Crippen molar-refractivity contribution in [3.8, 4) is 0 Å². The number of thioether (sulfide) groups is 1. The average Bonchev–Trinajstić information content (AvgIpc) is 2.60. The topological polar surface area (TPSA) is 26.3 Å². The maximum absolute atomic E-state index is 10.8. The largest absolute Gasteiger partial charge is 0.463 e. The fourth-order valence-electron chi connectivity index (χ4n) is 2.39. The van der Waals surface area contributed by atoms with E-state index in [-0.39, 0.29) is 5.97 Å². The molecule has 0 aliphatic heterocycles. The second-order valence-electron chi connectivity index (χ2n) is 5.86. The number of ether oxygens (including phenoxy) is 1. The van der Waals surface area contributed by atoms with Gasteiger partial charge >= 0.3 is 5.97 Å². The van der Waals surface area contributed by atoms with Crippen molar-refractivity contribution in [2.75, 3.05) is 12.4 Å². The lowest BCUT2D eigenvalue weighted by Crippen LogP contribution is -2.01. The van der Waals surface area contributed by atoms with E-state index in [1.165, 1.54) is 61.7 Å². The monoisotopic (exact) mass is 368 g/mol. The summed E-state index contributed by atoms with van der Waals surface area (Å²) in [4.78, 5) is 12.1. The van der Waals surface area contributed by atoms with Crippen LogP contribution >= 0.6 is 23.4 Å². The van der Waals surface area contributed by atoms with Crippen molar-refractivity contribution in [2.24, 2.45) is 0 Å². The molecule has 2 nitrogen and oxygen atoms in total. The Labute approximate surface area is 156 Å². The fourth-order valence-corrected chi connectivity index (χ4v) is 3.43. The van der Waals surface area contributed by atoms with E-state index in [0.29, 0.717) is 6.61 Å². The molecule has 0 bridgehead atoms. The molecular weight excluding hydrogens is 340 g/mol. The molecule has 0 radical (unpaired) electrons. The Morgan fingerprint density at radius 3 is 2.08 bits per heavy atom. The highest BCUT2D eigenvalue weighted by Crippen LogP contribution is 2.22. The summed E-state index contributed by atoms with van der Waals surface area (Å²) in [6.45, 7) is 3.90. The first-order valence-electron chi connectivity index (χ1n) is 8.90. The molecule has 0 aliphatic carbocycles. The first-order chi connectivity index (χ1) is 11.7. The van der Waals surface area contributed by atoms with Crippen LogP contribution in [0.25, 0.3) is 0 Å². The summed E-state index contributed by atoms with van der Waals surface area (Å²) >= 11 is 7.79. The van der Waals surface area contributed by atoms with Gasteiger partial charge in [-0.2, -0.15) is 0 Å². The van der Waals surface area contributed by atoms with Crippen molar-refractivity contribution >= 4 is 29.3 Å². The lowest BCUT2D eigenvalue weighted by molar-refractivity contribution is -0.137. The number of halogens is 1. The molecule has 134 valence electrons. The molecule has 0 saturated carbocycles. The van der Waals surface area contributed by atoms with Crippen LogP contribution in [0, 0.1) is 0 Å². The zero-order valence-electron chi connectivity index (χ0n) is 14.5. The van der Waals surface area contributed by atoms with Crippen molar-refractivity contribution in [1.29, 1.82) is 0 Å². The van der Waals surface area contributed by atoms with E-state index in [1.54, 1.807) is 0 Å². The van der Waals surface area contributed by atoms with Crippen LogP contribution in [0.2, 0.25) is 5.02 Å². The second-order valence-corrected chi connectivity index (χ2v) is 7.46. The van der Waals surface area contributed by atoms with Gasteiger partial charge in [0.15, 0.2) is 0 Å². The van der Waals surface area contributed by atoms with E-state index in [1.807, 2.05) is 23.9 Å². The molecule has 1 aromatic rings. The van der Waals surface area contributed by atoms with Gasteiger partial charge in [-0.3, -0.25) is 0 Å².